The molecule has 1 aliphatic heterocycles. The van der Waals surface area contributed by atoms with E-state index in [4.69, 9.17) is 0 Å². The Balaban J connectivity index is 1.70. The molecule has 1 saturated heterocycles. The SMILES string of the molecule is CC(Cc1ccc(Br)cc1)NC(=O)C1(n2cccn2)CCNCC1. The number of aromatic nitrogens is 2. The predicted molar refractivity (Wildman–Crippen MR) is 97.8 cm³/mol. The first-order chi connectivity index (χ1) is 11.6. The summed E-state index contributed by atoms with van der Waals surface area (Å²) >= 11 is 3.45. The van der Waals surface area contributed by atoms with E-state index in [0.717, 1.165) is 36.8 Å². The summed E-state index contributed by atoms with van der Waals surface area (Å²) in [4.78, 5) is 13.1. The van der Waals surface area contributed by atoms with Gasteiger partial charge in [0.1, 0.15) is 5.54 Å². The second-order valence-corrected chi connectivity index (χ2v) is 7.35. The van der Waals surface area contributed by atoms with Crippen LogP contribution in [-0.2, 0) is 16.8 Å². The summed E-state index contributed by atoms with van der Waals surface area (Å²) in [6.07, 6.45) is 5.95. The fourth-order valence-electron chi connectivity index (χ4n) is 3.31. The molecule has 1 amide bonds. The third-order valence-corrected chi connectivity index (χ3v) is 5.16. The number of halogens is 1. The molecule has 0 aliphatic carbocycles. The molecule has 3 rings (SSSR count). The molecule has 2 heterocycles. The quantitative estimate of drug-likeness (QED) is 0.824. The van der Waals surface area contributed by atoms with Gasteiger partial charge < -0.3 is 10.6 Å². The van der Waals surface area contributed by atoms with Crippen molar-refractivity contribution in [3.05, 3.63) is 52.8 Å². The summed E-state index contributed by atoms with van der Waals surface area (Å²) in [5, 5.41) is 10.9. The van der Waals surface area contributed by atoms with Crippen LogP contribution >= 0.6 is 15.9 Å². The van der Waals surface area contributed by atoms with Crippen molar-refractivity contribution in [1.29, 1.82) is 0 Å². The Kier molecular flexibility index (Phi) is 5.36. The minimum atomic E-state index is -0.581. The molecule has 6 heteroatoms. The van der Waals surface area contributed by atoms with Crippen LogP contribution < -0.4 is 10.6 Å². The van der Waals surface area contributed by atoms with E-state index in [-0.39, 0.29) is 11.9 Å². The summed E-state index contributed by atoms with van der Waals surface area (Å²) in [5.41, 5.74) is 0.632. The van der Waals surface area contributed by atoms with Crippen LogP contribution in [0.4, 0.5) is 0 Å². The van der Waals surface area contributed by atoms with Crippen molar-refractivity contribution < 1.29 is 4.79 Å². The van der Waals surface area contributed by atoms with E-state index in [2.05, 4.69) is 50.7 Å². The molecule has 1 aliphatic rings. The molecule has 2 aromatic rings. The van der Waals surface area contributed by atoms with Gasteiger partial charge in [0.05, 0.1) is 0 Å². The molecule has 5 nitrogen and oxygen atoms in total. The highest BCUT2D eigenvalue weighted by atomic mass is 79.9. The molecule has 0 radical (unpaired) electrons. The molecule has 24 heavy (non-hydrogen) atoms. The molecule has 128 valence electrons. The lowest BCUT2D eigenvalue weighted by atomic mass is 9.87. The Bertz CT molecular complexity index is 663. The molecule has 1 fully saturated rings. The van der Waals surface area contributed by atoms with Crippen molar-refractivity contribution in [3.8, 4) is 0 Å². The molecule has 1 aromatic heterocycles. The Morgan fingerprint density at radius 2 is 2.08 bits per heavy atom. The summed E-state index contributed by atoms with van der Waals surface area (Å²) in [6.45, 7) is 3.71. The smallest absolute Gasteiger partial charge is 0.248 e. The average molecular weight is 391 g/mol. The summed E-state index contributed by atoms with van der Waals surface area (Å²) in [6, 6.07) is 10.2. The summed E-state index contributed by atoms with van der Waals surface area (Å²) < 4.78 is 2.89. The van der Waals surface area contributed by atoms with Crippen molar-refractivity contribution in [3.63, 3.8) is 0 Å². The number of rotatable bonds is 5. The van der Waals surface area contributed by atoms with E-state index in [1.807, 2.05) is 29.1 Å². The lowest BCUT2D eigenvalue weighted by Crippen LogP contribution is -2.56. The normalized spacial score (nSPS) is 18.1. The third-order valence-electron chi connectivity index (χ3n) is 4.63. The molecule has 2 N–H and O–H groups in total. The van der Waals surface area contributed by atoms with Gasteiger partial charge in [0.25, 0.3) is 0 Å². The van der Waals surface area contributed by atoms with Gasteiger partial charge in [-0.25, -0.2) is 0 Å². The molecule has 0 bridgehead atoms. The van der Waals surface area contributed by atoms with E-state index in [1.54, 1.807) is 6.20 Å². The van der Waals surface area contributed by atoms with Crippen molar-refractivity contribution >= 4 is 21.8 Å². The van der Waals surface area contributed by atoms with Crippen molar-refractivity contribution in [2.24, 2.45) is 0 Å². The van der Waals surface area contributed by atoms with Crippen LogP contribution in [0.5, 0.6) is 0 Å². The topological polar surface area (TPSA) is 59.0 Å². The van der Waals surface area contributed by atoms with Gasteiger partial charge in [-0.1, -0.05) is 28.1 Å². The Hall–Kier alpha value is -1.66. The lowest BCUT2D eigenvalue weighted by Gasteiger charge is -2.37. The highest BCUT2D eigenvalue weighted by Gasteiger charge is 2.42. The molecule has 0 spiro atoms. The number of benzene rings is 1. The maximum Gasteiger partial charge on any atom is 0.248 e. The molecular weight excluding hydrogens is 368 g/mol. The zero-order valence-corrected chi connectivity index (χ0v) is 15.4. The Labute approximate surface area is 151 Å². The maximum absolute atomic E-state index is 13.1. The van der Waals surface area contributed by atoms with Crippen LogP contribution in [0.3, 0.4) is 0 Å². The number of piperidine rings is 1. The largest absolute Gasteiger partial charge is 0.351 e. The van der Waals surface area contributed by atoms with Gasteiger partial charge in [0.2, 0.25) is 5.91 Å². The number of nitrogens with zero attached hydrogens (tertiary/aromatic N) is 2. The number of carbonyl (C=O) groups excluding carboxylic acids is 1. The van der Waals surface area contributed by atoms with Crippen molar-refractivity contribution in [1.82, 2.24) is 20.4 Å². The third kappa shape index (κ3) is 3.70. The summed E-state index contributed by atoms with van der Waals surface area (Å²) in [7, 11) is 0. The molecular formula is C18H23BrN4O. The van der Waals surface area contributed by atoms with Gasteiger partial charge in [-0.05, 0) is 63.0 Å². The standard InChI is InChI=1S/C18H23BrN4O/c1-14(13-15-3-5-16(19)6-4-15)22-17(24)18(7-10-20-11-8-18)23-12-2-9-21-23/h2-6,9,12,14,20H,7-8,10-11,13H2,1H3,(H,22,24). The number of nitrogens with one attached hydrogen (secondary N) is 2. The van der Waals surface area contributed by atoms with Crippen LogP contribution in [0, 0.1) is 0 Å². The molecule has 0 saturated carbocycles. The van der Waals surface area contributed by atoms with Crippen LogP contribution in [0.15, 0.2) is 47.2 Å². The molecule has 1 unspecified atom stereocenters. The minimum absolute atomic E-state index is 0.0670. The first-order valence-electron chi connectivity index (χ1n) is 8.36. The van der Waals surface area contributed by atoms with Crippen molar-refractivity contribution in [2.75, 3.05) is 13.1 Å². The first kappa shape index (κ1) is 17.2. The van der Waals surface area contributed by atoms with Crippen LogP contribution in [0.2, 0.25) is 0 Å². The van der Waals surface area contributed by atoms with Gasteiger partial charge in [-0.15, -0.1) is 0 Å². The van der Waals surface area contributed by atoms with Gasteiger partial charge in [0.15, 0.2) is 0 Å². The van der Waals surface area contributed by atoms with E-state index in [0.29, 0.717) is 0 Å². The van der Waals surface area contributed by atoms with E-state index >= 15 is 0 Å². The Morgan fingerprint density at radius 3 is 2.71 bits per heavy atom. The minimum Gasteiger partial charge on any atom is -0.351 e. The predicted octanol–water partition coefficient (Wildman–Crippen LogP) is 2.47. The number of hydrogen-bond donors (Lipinski definition) is 2. The number of hydrogen-bond acceptors (Lipinski definition) is 3. The second kappa shape index (κ2) is 7.49. The second-order valence-electron chi connectivity index (χ2n) is 6.44. The number of amides is 1. The summed E-state index contributed by atoms with van der Waals surface area (Å²) in [5.74, 6) is 0.0670. The monoisotopic (exact) mass is 390 g/mol. The molecule has 1 aromatic carbocycles. The lowest BCUT2D eigenvalue weighted by molar-refractivity contribution is -0.132. The maximum atomic E-state index is 13.1. The number of carbonyl (C=O) groups is 1. The average Bonchev–Trinajstić information content (AvgIpc) is 3.12. The van der Waals surface area contributed by atoms with Gasteiger partial charge in [0, 0.05) is 22.9 Å². The van der Waals surface area contributed by atoms with E-state index in [1.165, 1.54) is 5.56 Å². The van der Waals surface area contributed by atoms with Gasteiger partial charge in [-0.2, -0.15) is 5.10 Å². The van der Waals surface area contributed by atoms with Crippen molar-refractivity contribution in [2.45, 2.75) is 37.8 Å². The molecule has 1 atom stereocenters. The van der Waals surface area contributed by atoms with Crippen LogP contribution in [0.1, 0.15) is 25.3 Å². The van der Waals surface area contributed by atoms with E-state index < -0.39 is 5.54 Å². The van der Waals surface area contributed by atoms with Gasteiger partial charge >= 0.3 is 0 Å². The first-order valence-corrected chi connectivity index (χ1v) is 9.16. The fraction of sp³-hybridized carbons (Fsp3) is 0.444. The van der Waals surface area contributed by atoms with Crippen LogP contribution in [0.25, 0.3) is 0 Å². The highest BCUT2D eigenvalue weighted by Crippen LogP contribution is 2.27. The zero-order chi connectivity index (χ0) is 17.0. The van der Waals surface area contributed by atoms with Crippen LogP contribution in [-0.4, -0.2) is 34.8 Å². The highest BCUT2D eigenvalue weighted by molar-refractivity contribution is 9.10. The van der Waals surface area contributed by atoms with Gasteiger partial charge in [-0.3, -0.25) is 9.48 Å². The Morgan fingerprint density at radius 1 is 1.38 bits per heavy atom. The van der Waals surface area contributed by atoms with E-state index in [9.17, 15) is 4.79 Å². The zero-order valence-electron chi connectivity index (χ0n) is 13.8. The fourth-order valence-corrected chi connectivity index (χ4v) is 3.57.